The van der Waals surface area contributed by atoms with Gasteiger partial charge in [-0.3, -0.25) is 0 Å². The van der Waals surface area contributed by atoms with E-state index in [9.17, 15) is 8.78 Å². The summed E-state index contributed by atoms with van der Waals surface area (Å²) in [7, 11) is 0. The van der Waals surface area contributed by atoms with Crippen LogP contribution >= 0.6 is 0 Å². The van der Waals surface area contributed by atoms with Gasteiger partial charge in [-0.25, -0.2) is 0 Å². The highest BCUT2D eigenvalue weighted by atomic mass is 19.3. The summed E-state index contributed by atoms with van der Waals surface area (Å²) in [5, 5.41) is 0. The molecule has 0 fully saturated rings. The molecule has 0 aliphatic carbocycles. The Morgan fingerprint density at radius 2 is 1.73 bits per heavy atom. The van der Waals surface area contributed by atoms with Gasteiger partial charge in [0.1, 0.15) is 0 Å². The summed E-state index contributed by atoms with van der Waals surface area (Å²) in [6.07, 6.45) is -0.908. The molecule has 0 bridgehead atoms. The second kappa shape index (κ2) is 3.14. The number of nitrogen functional groups attached to an aromatic ring is 1. The van der Waals surface area contributed by atoms with Gasteiger partial charge in [-0.05, 0) is 17.7 Å². The van der Waals surface area contributed by atoms with Crippen LogP contribution in [-0.2, 0) is 0 Å². The van der Waals surface area contributed by atoms with Crippen molar-refractivity contribution in [2.75, 3.05) is 5.73 Å². The van der Waals surface area contributed by atoms with E-state index < -0.39 is 6.08 Å². The highest BCUT2D eigenvalue weighted by Gasteiger charge is 1.90. The van der Waals surface area contributed by atoms with Crippen molar-refractivity contribution < 1.29 is 8.78 Å². The van der Waals surface area contributed by atoms with Gasteiger partial charge in [-0.2, -0.15) is 8.78 Å². The lowest BCUT2D eigenvalue weighted by atomic mass is 10.2. The van der Waals surface area contributed by atoms with E-state index in [1.165, 1.54) is 12.1 Å². The van der Waals surface area contributed by atoms with E-state index in [-0.39, 0.29) is 0 Å². The van der Waals surface area contributed by atoms with Crippen molar-refractivity contribution in [1.82, 2.24) is 0 Å². The summed E-state index contributed by atoms with van der Waals surface area (Å²) >= 11 is 0. The van der Waals surface area contributed by atoms with Gasteiger partial charge in [0, 0.05) is 11.8 Å². The Morgan fingerprint density at radius 1 is 1.18 bits per heavy atom. The Labute approximate surface area is 63.1 Å². The van der Waals surface area contributed by atoms with E-state index in [0.29, 0.717) is 11.3 Å². The molecule has 0 unspecified atom stereocenters. The number of anilines is 1. The Hall–Kier alpha value is -1.38. The molecule has 0 amide bonds. The van der Waals surface area contributed by atoms with Crippen molar-refractivity contribution >= 4 is 11.8 Å². The zero-order valence-electron chi connectivity index (χ0n) is 5.72. The van der Waals surface area contributed by atoms with Crippen molar-refractivity contribution in [3.05, 3.63) is 35.9 Å². The lowest BCUT2D eigenvalue weighted by Gasteiger charge is -1.92. The van der Waals surface area contributed by atoms with E-state index in [2.05, 4.69) is 0 Å². The number of halogens is 2. The van der Waals surface area contributed by atoms with Crippen LogP contribution in [0.4, 0.5) is 14.5 Å². The first-order chi connectivity index (χ1) is 5.18. The molecule has 1 nitrogen and oxygen atoms in total. The van der Waals surface area contributed by atoms with Gasteiger partial charge < -0.3 is 5.73 Å². The highest BCUT2D eigenvalue weighted by molar-refractivity contribution is 5.53. The number of nitrogens with two attached hydrogens (primary N) is 1. The molecule has 0 heterocycles. The van der Waals surface area contributed by atoms with Crippen LogP contribution < -0.4 is 5.73 Å². The van der Waals surface area contributed by atoms with Gasteiger partial charge in [0.05, 0.1) is 0 Å². The normalized spacial score (nSPS) is 9.27. The Kier molecular flexibility index (Phi) is 2.21. The number of hydrogen-bond acceptors (Lipinski definition) is 1. The topological polar surface area (TPSA) is 26.0 Å². The average molecular weight is 155 g/mol. The molecule has 58 valence electrons. The van der Waals surface area contributed by atoms with Crippen molar-refractivity contribution in [3.8, 4) is 0 Å². The maximum Gasteiger partial charge on any atom is 0.270 e. The molecule has 1 aromatic rings. The van der Waals surface area contributed by atoms with E-state index in [1.807, 2.05) is 0 Å². The number of hydrogen-bond donors (Lipinski definition) is 1. The standard InChI is InChI=1S/C8H7F2N/c9-8(10)5-6-1-3-7(11)4-2-6/h1-5H,11H2. The van der Waals surface area contributed by atoms with Crippen LogP contribution in [0.2, 0.25) is 0 Å². The average Bonchev–Trinajstić information content (AvgIpc) is 1.93. The predicted molar refractivity (Wildman–Crippen MR) is 41.0 cm³/mol. The molecule has 0 aromatic heterocycles. The zero-order valence-corrected chi connectivity index (χ0v) is 5.72. The fourth-order valence-corrected chi connectivity index (χ4v) is 0.718. The quantitative estimate of drug-likeness (QED) is 0.619. The van der Waals surface area contributed by atoms with Crippen molar-refractivity contribution in [1.29, 1.82) is 0 Å². The molecule has 1 rings (SSSR count). The van der Waals surface area contributed by atoms with Crippen LogP contribution in [0.25, 0.3) is 6.08 Å². The summed E-state index contributed by atoms with van der Waals surface area (Å²) < 4.78 is 23.3. The molecule has 0 spiro atoms. The molecule has 2 N–H and O–H groups in total. The fraction of sp³-hybridized carbons (Fsp3) is 0. The van der Waals surface area contributed by atoms with Crippen LogP contribution in [0.5, 0.6) is 0 Å². The first-order valence-corrected chi connectivity index (χ1v) is 3.07. The van der Waals surface area contributed by atoms with Crippen LogP contribution in [0.15, 0.2) is 30.3 Å². The van der Waals surface area contributed by atoms with Gasteiger partial charge in [-0.1, -0.05) is 12.1 Å². The molecule has 0 atom stereocenters. The molecule has 3 heteroatoms. The Balaban J connectivity index is 2.91. The van der Waals surface area contributed by atoms with Gasteiger partial charge in [0.25, 0.3) is 6.08 Å². The monoisotopic (exact) mass is 155 g/mol. The van der Waals surface area contributed by atoms with Gasteiger partial charge in [-0.15, -0.1) is 0 Å². The second-order valence-corrected chi connectivity index (χ2v) is 2.10. The molecular weight excluding hydrogens is 148 g/mol. The third kappa shape index (κ3) is 2.37. The molecule has 11 heavy (non-hydrogen) atoms. The molecule has 0 radical (unpaired) electrons. The highest BCUT2D eigenvalue weighted by Crippen LogP contribution is 2.10. The molecule has 0 aliphatic heterocycles. The van der Waals surface area contributed by atoms with Gasteiger partial charge in [0.2, 0.25) is 0 Å². The minimum Gasteiger partial charge on any atom is -0.399 e. The minimum atomic E-state index is -1.70. The number of benzene rings is 1. The van der Waals surface area contributed by atoms with Gasteiger partial charge >= 0.3 is 0 Å². The van der Waals surface area contributed by atoms with Crippen LogP contribution in [0.1, 0.15) is 5.56 Å². The molecule has 0 saturated heterocycles. The first-order valence-electron chi connectivity index (χ1n) is 3.07. The maximum atomic E-state index is 11.7. The summed E-state index contributed by atoms with van der Waals surface area (Å²) in [5.74, 6) is 0. The van der Waals surface area contributed by atoms with Crippen LogP contribution in [0, 0.1) is 0 Å². The SMILES string of the molecule is Nc1ccc(C=C(F)F)cc1. The third-order valence-corrected chi connectivity index (χ3v) is 1.21. The summed E-state index contributed by atoms with van der Waals surface area (Å²) in [6.45, 7) is 0. The summed E-state index contributed by atoms with van der Waals surface area (Å²) in [6, 6.07) is 6.23. The molecule has 0 saturated carbocycles. The largest absolute Gasteiger partial charge is 0.399 e. The fourth-order valence-electron chi connectivity index (χ4n) is 0.718. The Bertz CT molecular complexity index is 260. The molecular formula is C8H7F2N. The predicted octanol–water partition coefficient (Wildman–Crippen LogP) is 2.51. The summed E-state index contributed by atoms with van der Waals surface area (Å²) in [5.41, 5.74) is 6.38. The number of rotatable bonds is 1. The van der Waals surface area contributed by atoms with E-state index in [1.54, 1.807) is 12.1 Å². The first kappa shape index (κ1) is 7.72. The second-order valence-electron chi connectivity index (χ2n) is 2.10. The van der Waals surface area contributed by atoms with E-state index in [4.69, 9.17) is 5.73 Å². The lowest BCUT2D eigenvalue weighted by molar-refractivity contribution is 0.429. The van der Waals surface area contributed by atoms with Crippen molar-refractivity contribution in [2.24, 2.45) is 0 Å². The van der Waals surface area contributed by atoms with Crippen LogP contribution in [0.3, 0.4) is 0 Å². The zero-order chi connectivity index (χ0) is 8.27. The van der Waals surface area contributed by atoms with Gasteiger partial charge in [0.15, 0.2) is 0 Å². The molecule has 1 aromatic carbocycles. The summed E-state index contributed by atoms with van der Waals surface area (Å²) in [4.78, 5) is 0. The van der Waals surface area contributed by atoms with Crippen molar-refractivity contribution in [2.45, 2.75) is 0 Å². The third-order valence-electron chi connectivity index (χ3n) is 1.21. The van der Waals surface area contributed by atoms with E-state index in [0.717, 1.165) is 6.08 Å². The van der Waals surface area contributed by atoms with E-state index >= 15 is 0 Å². The van der Waals surface area contributed by atoms with Crippen molar-refractivity contribution in [3.63, 3.8) is 0 Å². The Morgan fingerprint density at radius 3 is 2.18 bits per heavy atom. The lowest BCUT2D eigenvalue weighted by Crippen LogP contribution is -1.82. The maximum absolute atomic E-state index is 11.7. The minimum absolute atomic E-state index is 0.458. The smallest absolute Gasteiger partial charge is 0.270 e. The van der Waals surface area contributed by atoms with Crippen LogP contribution in [-0.4, -0.2) is 0 Å². The molecule has 0 aliphatic rings.